The van der Waals surface area contributed by atoms with Crippen LogP contribution < -0.4 is 5.32 Å². The summed E-state index contributed by atoms with van der Waals surface area (Å²) in [6.07, 6.45) is 0. The molecule has 0 aromatic carbocycles. The molecule has 0 spiro atoms. The molecule has 13 heavy (non-hydrogen) atoms. The number of hydrogen-bond acceptors (Lipinski definition) is 3. The molecule has 1 saturated heterocycles. The first-order valence-corrected chi connectivity index (χ1v) is 5.19. The van der Waals surface area contributed by atoms with Crippen molar-refractivity contribution in [3.8, 4) is 0 Å². The lowest BCUT2D eigenvalue weighted by molar-refractivity contribution is 0.0567. The Hall–Kier alpha value is -0.120. The third-order valence-electron chi connectivity index (χ3n) is 2.73. The molecule has 1 atom stereocenters. The fourth-order valence-electron chi connectivity index (χ4n) is 1.90. The number of nitrogens with zero attached hydrogens (tertiary/aromatic N) is 1. The number of piperazine rings is 1. The van der Waals surface area contributed by atoms with Crippen molar-refractivity contribution in [3.63, 3.8) is 0 Å². The molecule has 3 nitrogen and oxygen atoms in total. The van der Waals surface area contributed by atoms with Crippen molar-refractivity contribution in [1.29, 1.82) is 0 Å². The summed E-state index contributed by atoms with van der Waals surface area (Å²) in [6.45, 7) is 9.95. The van der Waals surface area contributed by atoms with Gasteiger partial charge in [0.2, 0.25) is 0 Å². The van der Waals surface area contributed by atoms with Gasteiger partial charge in [-0.05, 0) is 5.92 Å². The number of methoxy groups -OCH3 is 1. The van der Waals surface area contributed by atoms with E-state index in [1.807, 2.05) is 0 Å². The summed E-state index contributed by atoms with van der Waals surface area (Å²) in [5, 5.41) is 3.37. The molecule has 1 fully saturated rings. The van der Waals surface area contributed by atoms with Crippen molar-refractivity contribution in [3.05, 3.63) is 0 Å². The Balaban J connectivity index is 2.41. The third-order valence-corrected chi connectivity index (χ3v) is 2.73. The Morgan fingerprint density at radius 1 is 1.31 bits per heavy atom. The first-order chi connectivity index (χ1) is 6.25. The normalized spacial score (nSPS) is 22.2. The van der Waals surface area contributed by atoms with Crippen LogP contribution in [0.2, 0.25) is 0 Å². The Bertz CT molecular complexity index is 133. The molecular formula is C10H22N2O. The second kappa shape index (κ2) is 5.58. The highest BCUT2D eigenvalue weighted by molar-refractivity contribution is 4.78. The van der Waals surface area contributed by atoms with Crippen molar-refractivity contribution in [2.75, 3.05) is 39.9 Å². The van der Waals surface area contributed by atoms with Gasteiger partial charge in [0.15, 0.2) is 0 Å². The minimum atomic E-state index is 0.590. The molecule has 0 aromatic heterocycles. The fourth-order valence-corrected chi connectivity index (χ4v) is 1.90. The molecule has 0 aliphatic carbocycles. The number of nitrogens with one attached hydrogen (secondary N) is 1. The van der Waals surface area contributed by atoms with Gasteiger partial charge in [-0.15, -0.1) is 0 Å². The van der Waals surface area contributed by atoms with E-state index in [1.165, 1.54) is 0 Å². The fraction of sp³-hybridized carbons (Fsp3) is 1.00. The molecule has 1 aliphatic heterocycles. The Labute approximate surface area is 81.4 Å². The minimum absolute atomic E-state index is 0.590. The van der Waals surface area contributed by atoms with Gasteiger partial charge in [-0.2, -0.15) is 0 Å². The van der Waals surface area contributed by atoms with Crippen LogP contribution in [0.1, 0.15) is 13.8 Å². The standard InChI is InChI=1S/C10H22N2O/c1-9(2)10(8-13-3)12-6-4-11-5-7-12/h9-11H,4-8H2,1-3H3. The molecule has 0 bridgehead atoms. The second-order valence-corrected chi connectivity index (χ2v) is 4.05. The van der Waals surface area contributed by atoms with E-state index in [2.05, 4.69) is 24.1 Å². The van der Waals surface area contributed by atoms with Crippen LogP contribution in [-0.2, 0) is 4.74 Å². The van der Waals surface area contributed by atoms with Gasteiger partial charge in [0.25, 0.3) is 0 Å². The topological polar surface area (TPSA) is 24.5 Å². The van der Waals surface area contributed by atoms with Gasteiger partial charge in [0.05, 0.1) is 6.61 Å². The lowest BCUT2D eigenvalue weighted by atomic mass is 10.0. The summed E-state index contributed by atoms with van der Waals surface area (Å²) in [5.74, 6) is 0.679. The van der Waals surface area contributed by atoms with E-state index < -0.39 is 0 Å². The van der Waals surface area contributed by atoms with Crippen LogP contribution in [0, 0.1) is 5.92 Å². The Morgan fingerprint density at radius 3 is 2.38 bits per heavy atom. The third kappa shape index (κ3) is 3.25. The van der Waals surface area contributed by atoms with Crippen LogP contribution >= 0.6 is 0 Å². The molecule has 1 heterocycles. The van der Waals surface area contributed by atoms with Crippen LogP contribution in [0.25, 0.3) is 0 Å². The van der Waals surface area contributed by atoms with E-state index in [0.29, 0.717) is 12.0 Å². The van der Waals surface area contributed by atoms with Crippen LogP contribution in [0.4, 0.5) is 0 Å². The summed E-state index contributed by atoms with van der Waals surface area (Å²) < 4.78 is 5.26. The largest absolute Gasteiger partial charge is 0.383 e. The SMILES string of the molecule is COCC(C(C)C)N1CCNCC1. The summed E-state index contributed by atoms with van der Waals surface area (Å²) in [6, 6.07) is 0.590. The van der Waals surface area contributed by atoms with E-state index in [-0.39, 0.29) is 0 Å². The lowest BCUT2D eigenvalue weighted by Gasteiger charge is -2.36. The first kappa shape index (κ1) is 11.0. The number of rotatable bonds is 4. The monoisotopic (exact) mass is 186 g/mol. The molecule has 0 amide bonds. The molecule has 0 aromatic rings. The predicted molar refractivity (Wildman–Crippen MR) is 54.9 cm³/mol. The smallest absolute Gasteiger partial charge is 0.0620 e. The van der Waals surface area contributed by atoms with Gasteiger partial charge < -0.3 is 10.1 Å². The van der Waals surface area contributed by atoms with Crippen LogP contribution in [0.15, 0.2) is 0 Å². The average Bonchev–Trinajstić information content (AvgIpc) is 2.15. The molecule has 78 valence electrons. The number of ether oxygens (including phenoxy) is 1. The highest BCUT2D eigenvalue weighted by Gasteiger charge is 2.22. The molecule has 1 rings (SSSR count). The summed E-state index contributed by atoms with van der Waals surface area (Å²) >= 11 is 0. The molecule has 1 unspecified atom stereocenters. The highest BCUT2D eigenvalue weighted by Crippen LogP contribution is 2.11. The van der Waals surface area contributed by atoms with E-state index in [0.717, 1.165) is 32.8 Å². The van der Waals surface area contributed by atoms with Gasteiger partial charge in [-0.3, -0.25) is 4.90 Å². The Morgan fingerprint density at radius 2 is 1.92 bits per heavy atom. The van der Waals surface area contributed by atoms with E-state index >= 15 is 0 Å². The van der Waals surface area contributed by atoms with Crippen molar-refractivity contribution < 1.29 is 4.74 Å². The maximum absolute atomic E-state index is 5.26. The zero-order valence-corrected chi connectivity index (χ0v) is 9.05. The molecule has 1 aliphatic rings. The first-order valence-electron chi connectivity index (χ1n) is 5.19. The zero-order valence-electron chi connectivity index (χ0n) is 9.05. The Kier molecular flexibility index (Phi) is 4.70. The van der Waals surface area contributed by atoms with Crippen molar-refractivity contribution in [1.82, 2.24) is 10.2 Å². The van der Waals surface area contributed by atoms with Crippen LogP contribution in [-0.4, -0.2) is 50.8 Å². The zero-order chi connectivity index (χ0) is 9.68. The summed E-state index contributed by atoms with van der Waals surface area (Å²) in [5.41, 5.74) is 0. The summed E-state index contributed by atoms with van der Waals surface area (Å²) in [7, 11) is 1.79. The maximum atomic E-state index is 5.26. The quantitative estimate of drug-likeness (QED) is 0.694. The second-order valence-electron chi connectivity index (χ2n) is 4.05. The minimum Gasteiger partial charge on any atom is -0.383 e. The van der Waals surface area contributed by atoms with Gasteiger partial charge in [0.1, 0.15) is 0 Å². The lowest BCUT2D eigenvalue weighted by Crippen LogP contribution is -2.51. The van der Waals surface area contributed by atoms with Crippen molar-refractivity contribution in [2.45, 2.75) is 19.9 Å². The molecule has 1 N–H and O–H groups in total. The maximum Gasteiger partial charge on any atom is 0.0620 e. The molecular weight excluding hydrogens is 164 g/mol. The summed E-state index contributed by atoms with van der Waals surface area (Å²) in [4.78, 5) is 2.53. The van der Waals surface area contributed by atoms with Crippen LogP contribution in [0.3, 0.4) is 0 Å². The van der Waals surface area contributed by atoms with Gasteiger partial charge in [-0.25, -0.2) is 0 Å². The molecule has 0 saturated carbocycles. The average molecular weight is 186 g/mol. The van der Waals surface area contributed by atoms with E-state index in [9.17, 15) is 0 Å². The van der Waals surface area contributed by atoms with Crippen molar-refractivity contribution >= 4 is 0 Å². The van der Waals surface area contributed by atoms with Crippen LogP contribution in [0.5, 0.6) is 0 Å². The van der Waals surface area contributed by atoms with E-state index in [4.69, 9.17) is 4.74 Å². The van der Waals surface area contributed by atoms with Gasteiger partial charge >= 0.3 is 0 Å². The van der Waals surface area contributed by atoms with Gasteiger partial charge in [0, 0.05) is 39.3 Å². The van der Waals surface area contributed by atoms with E-state index in [1.54, 1.807) is 7.11 Å². The molecule has 0 radical (unpaired) electrons. The van der Waals surface area contributed by atoms with Crippen molar-refractivity contribution in [2.24, 2.45) is 5.92 Å². The molecule has 3 heteroatoms. The predicted octanol–water partition coefficient (Wildman–Crippen LogP) is 0.563. The van der Waals surface area contributed by atoms with Gasteiger partial charge in [-0.1, -0.05) is 13.8 Å². The number of hydrogen-bond donors (Lipinski definition) is 1. The highest BCUT2D eigenvalue weighted by atomic mass is 16.5.